The minimum Gasteiger partial charge on any atom is -0.507 e. The molecule has 1 aliphatic rings. The Bertz CT molecular complexity index is 1210. The van der Waals surface area contributed by atoms with Crippen molar-refractivity contribution >= 4 is 40.0 Å². The minimum absolute atomic E-state index is 0.0988. The van der Waals surface area contributed by atoms with Gasteiger partial charge in [-0.15, -0.1) is 0 Å². The smallest absolute Gasteiger partial charge is 0.229 e. The van der Waals surface area contributed by atoms with Gasteiger partial charge in [0.2, 0.25) is 17.7 Å². The molecule has 0 spiro atoms. The molecule has 1 heterocycles. The zero-order chi connectivity index (χ0) is 22.5. The summed E-state index contributed by atoms with van der Waals surface area (Å²) in [6.07, 6.45) is 8.10. The molecule has 1 aromatic heterocycles. The number of phenolic OH excluding ortho intramolecular Hbond substituents is 1. The van der Waals surface area contributed by atoms with Crippen molar-refractivity contribution in [2.45, 2.75) is 32.6 Å². The van der Waals surface area contributed by atoms with Gasteiger partial charge < -0.3 is 9.52 Å². The number of allylic oxidation sites excluding steroid dienone is 4. The third-order valence-corrected chi connectivity index (χ3v) is 5.54. The van der Waals surface area contributed by atoms with Crippen LogP contribution in [-0.2, 0) is 4.79 Å². The lowest BCUT2D eigenvalue weighted by atomic mass is 9.90. The summed E-state index contributed by atoms with van der Waals surface area (Å²) in [7, 11) is 0. The quantitative estimate of drug-likeness (QED) is 0.412. The fourth-order valence-electron chi connectivity index (χ4n) is 3.60. The fraction of sp³-hybridized carbons (Fsp3) is 0.192. The number of nitrogens with one attached hydrogen (secondary N) is 1. The van der Waals surface area contributed by atoms with Gasteiger partial charge in [-0.1, -0.05) is 74.1 Å². The Balaban J connectivity index is 1.62. The van der Waals surface area contributed by atoms with Crippen molar-refractivity contribution in [2.24, 2.45) is 0 Å². The highest BCUT2D eigenvalue weighted by Gasteiger charge is 2.22. The number of unbranched alkanes of at least 4 members (excludes halogenated alkanes) is 1. The second kappa shape index (κ2) is 9.75. The Morgan fingerprint density at radius 2 is 1.97 bits per heavy atom. The summed E-state index contributed by atoms with van der Waals surface area (Å²) < 4.78 is 5.82. The first-order chi connectivity index (χ1) is 15.5. The third kappa shape index (κ3) is 4.86. The van der Waals surface area contributed by atoms with Crippen LogP contribution in [0, 0.1) is 0 Å². The van der Waals surface area contributed by atoms with Crippen LogP contribution in [0.1, 0.15) is 44.1 Å². The molecule has 0 fully saturated rings. The van der Waals surface area contributed by atoms with Crippen molar-refractivity contribution in [3.63, 3.8) is 0 Å². The SMILES string of the molecule is CCCCC(=O)Nc1cnc(C2=CCC(=S)C=C2c2ccc(-c3ccccc3)cc2O)o1. The third-order valence-electron chi connectivity index (χ3n) is 5.25. The van der Waals surface area contributed by atoms with Crippen LogP contribution < -0.4 is 5.32 Å². The normalized spacial score (nSPS) is 13.5. The molecule has 0 aliphatic heterocycles. The number of thiocarbonyl (C=S) groups is 1. The lowest BCUT2D eigenvalue weighted by molar-refractivity contribution is -0.116. The van der Waals surface area contributed by atoms with Gasteiger partial charge in [0.15, 0.2) is 0 Å². The molecule has 1 aliphatic carbocycles. The zero-order valence-electron chi connectivity index (χ0n) is 17.8. The highest BCUT2D eigenvalue weighted by atomic mass is 32.1. The predicted molar refractivity (Wildman–Crippen MR) is 131 cm³/mol. The van der Waals surface area contributed by atoms with Crippen LogP contribution in [0.25, 0.3) is 22.3 Å². The summed E-state index contributed by atoms with van der Waals surface area (Å²) >= 11 is 5.42. The number of oxazole rings is 1. The van der Waals surface area contributed by atoms with Crippen molar-refractivity contribution in [3.05, 3.63) is 78.3 Å². The molecule has 0 radical (unpaired) electrons. The van der Waals surface area contributed by atoms with Crippen molar-refractivity contribution in [2.75, 3.05) is 5.32 Å². The molecule has 4 rings (SSSR count). The monoisotopic (exact) mass is 444 g/mol. The Morgan fingerprint density at radius 1 is 1.16 bits per heavy atom. The topological polar surface area (TPSA) is 75.4 Å². The number of phenols is 1. The summed E-state index contributed by atoms with van der Waals surface area (Å²) in [5.41, 5.74) is 4.06. The van der Waals surface area contributed by atoms with Crippen LogP contribution in [0.4, 0.5) is 5.88 Å². The highest BCUT2D eigenvalue weighted by molar-refractivity contribution is 7.80. The van der Waals surface area contributed by atoms with Crippen molar-refractivity contribution in [1.29, 1.82) is 0 Å². The van der Waals surface area contributed by atoms with Crippen molar-refractivity contribution < 1.29 is 14.3 Å². The van der Waals surface area contributed by atoms with Gasteiger partial charge in [-0.3, -0.25) is 10.1 Å². The van der Waals surface area contributed by atoms with E-state index in [1.54, 1.807) is 6.07 Å². The number of aromatic hydroxyl groups is 1. The average molecular weight is 445 g/mol. The molecule has 0 atom stereocenters. The van der Waals surface area contributed by atoms with Gasteiger partial charge in [0.05, 0.1) is 6.20 Å². The lowest BCUT2D eigenvalue weighted by Gasteiger charge is -2.17. The van der Waals surface area contributed by atoms with Gasteiger partial charge in [0, 0.05) is 28.8 Å². The number of rotatable bonds is 7. The number of hydrogen-bond acceptors (Lipinski definition) is 5. The number of benzene rings is 2. The molecular weight excluding hydrogens is 420 g/mol. The summed E-state index contributed by atoms with van der Waals surface area (Å²) in [6.45, 7) is 2.04. The maximum Gasteiger partial charge on any atom is 0.229 e. The standard InChI is InChI=1S/C26H24N2O3S/c1-2-3-9-24(30)28-25-16-27-26(31-25)21-13-11-19(32)15-22(21)20-12-10-18(14-23(20)29)17-7-5-4-6-8-17/h4-8,10,12-16,29H,2-3,9,11H2,1H3,(H,28,30). The van der Waals surface area contributed by atoms with Gasteiger partial charge in [-0.05, 0) is 35.3 Å². The number of anilines is 1. The van der Waals surface area contributed by atoms with Crippen LogP contribution >= 0.6 is 12.2 Å². The molecule has 0 unspecified atom stereocenters. The summed E-state index contributed by atoms with van der Waals surface area (Å²) in [6, 6.07) is 15.5. The van der Waals surface area contributed by atoms with Gasteiger partial charge >= 0.3 is 0 Å². The summed E-state index contributed by atoms with van der Waals surface area (Å²) in [4.78, 5) is 17.1. The van der Waals surface area contributed by atoms with Gasteiger partial charge in [0.25, 0.3) is 0 Å². The number of hydrogen-bond donors (Lipinski definition) is 2. The van der Waals surface area contributed by atoms with Gasteiger partial charge in [-0.2, -0.15) is 0 Å². The predicted octanol–water partition coefficient (Wildman–Crippen LogP) is 6.42. The van der Waals surface area contributed by atoms with Crippen molar-refractivity contribution in [1.82, 2.24) is 4.98 Å². The van der Waals surface area contributed by atoms with E-state index in [4.69, 9.17) is 16.6 Å². The number of carbonyl (C=O) groups is 1. The number of nitrogens with zero attached hydrogens (tertiary/aromatic N) is 1. The van der Waals surface area contributed by atoms with E-state index in [1.165, 1.54) is 6.20 Å². The van der Waals surface area contributed by atoms with E-state index in [9.17, 15) is 9.90 Å². The van der Waals surface area contributed by atoms with E-state index >= 15 is 0 Å². The maximum absolute atomic E-state index is 12.0. The van der Waals surface area contributed by atoms with E-state index in [2.05, 4.69) is 10.3 Å². The molecule has 0 bridgehead atoms. The van der Waals surface area contributed by atoms with Crippen LogP contribution in [0.3, 0.4) is 0 Å². The van der Waals surface area contributed by atoms with Crippen LogP contribution in [0.2, 0.25) is 0 Å². The molecule has 2 N–H and O–H groups in total. The molecule has 32 heavy (non-hydrogen) atoms. The molecule has 6 heteroatoms. The first kappa shape index (κ1) is 21.7. The molecular formula is C26H24N2O3S. The van der Waals surface area contributed by atoms with Gasteiger partial charge in [0.1, 0.15) is 5.75 Å². The van der Waals surface area contributed by atoms with E-state index in [-0.39, 0.29) is 11.7 Å². The first-order valence-corrected chi connectivity index (χ1v) is 11.1. The molecule has 3 aromatic rings. The van der Waals surface area contributed by atoms with E-state index in [0.717, 1.165) is 40.0 Å². The summed E-state index contributed by atoms with van der Waals surface area (Å²) in [5.74, 6) is 0.723. The van der Waals surface area contributed by atoms with Crippen molar-refractivity contribution in [3.8, 4) is 16.9 Å². The fourth-order valence-corrected chi connectivity index (χ4v) is 3.80. The average Bonchev–Trinajstić information content (AvgIpc) is 3.26. The van der Waals surface area contributed by atoms with Gasteiger partial charge in [-0.25, -0.2) is 4.98 Å². The second-order valence-corrected chi connectivity index (χ2v) is 8.15. The molecule has 5 nitrogen and oxygen atoms in total. The van der Waals surface area contributed by atoms with Crippen LogP contribution in [0.5, 0.6) is 5.75 Å². The second-order valence-electron chi connectivity index (χ2n) is 7.63. The molecule has 162 valence electrons. The highest BCUT2D eigenvalue weighted by Crippen LogP contribution is 2.40. The molecule has 2 aromatic carbocycles. The minimum atomic E-state index is -0.0988. The number of carbonyl (C=O) groups excluding carboxylic acids is 1. The van der Waals surface area contributed by atoms with Crippen LogP contribution in [0.15, 0.2) is 71.3 Å². The molecule has 1 amide bonds. The van der Waals surface area contributed by atoms with E-state index in [1.807, 2.05) is 61.5 Å². The Labute approximate surface area is 192 Å². The number of aromatic nitrogens is 1. The van der Waals surface area contributed by atoms with E-state index < -0.39 is 0 Å². The zero-order valence-corrected chi connectivity index (χ0v) is 18.6. The number of amides is 1. The Morgan fingerprint density at radius 3 is 2.72 bits per heavy atom. The Kier molecular flexibility index (Phi) is 6.61. The molecule has 0 saturated carbocycles. The Hall–Kier alpha value is -3.51. The maximum atomic E-state index is 12.0. The lowest BCUT2D eigenvalue weighted by Crippen LogP contribution is -2.10. The first-order valence-electron chi connectivity index (χ1n) is 10.6. The largest absolute Gasteiger partial charge is 0.507 e. The molecule has 0 saturated heterocycles. The summed E-state index contributed by atoms with van der Waals surface area (Å²) in [5, 5.41) is 13.6. The van der Waals surface area contributed by atoms with E-state index in [0.29, 0.717) is 30.2 Å². The van der Waals surface area contributed by atoms with Crippen LogP contribution in [-0.4, -0.2) is 20.9 Å².